The van der Waals surface area contributed by atoms with Crippen molar-refractivity contribution in [2.75, 3.05) is 26.4 Å². The molecule has 3 aliphatic rings. The molecule has 17 unspecified atom stereocenters. The Hall–Kier alpha value is -3.03. The van der Waals surface area contributed by atoms with Crippen LogP contribution in [-0.2, 0) is 33.2 Å². The molecule has 0 aromatic carbocycles. The Bertz CT molecular complexity index is 1810. The van der Waals surface area contributed by atoms with Crippen LogP contribution in [0, 0.1) is 0 Å². The van der Waals surface area contributed by atoms with Gasteiger partial charge in [-0.05, 0) is 70.6 Å². The number of rotatable bonds is 43. The second-order valence-corrected chi connectivity index (χ2v) is 21.4. The number of carbonyl (C=O) groups is 1. The average molecular weight is 1150 g/mol. The Kier molecular flexibility index (Phi) is 39.6. The summed E-state index contributed by atoms with van der Waals surface area (Å²) >= 11 is 0. The number of nitrogens with one attached hydrogen (secondary N) is 1. The lowest BCUT2D eigenvalue weighted by Crippen LogP contribution is -2.66. The lowest BCUT2D eigenvalue weighted by atomic mass is 9.96. The van der Waals surface area contributed by atoms with E-state index in [1.54, 1.807) is 6.08 Å². The predicted octanol–water partition coefficient (Wildman–Crippen LogP) is 5.59. The molecule has 3 heterocycles. The van der Waals surface area contributed by atoms with Gasteiger partial charge in [0.15, 0.2) is 18.9 Å². The molecular formula is C62H105NO18. The number of unbranched alkanes of at least 4 members (excludes halogenated alkanes) is 15. The summed E-state index contributed by atoms with van der Waals surface area (Å²) in [6.07, 6.45) is 28.0. The van der Waals surface area contributed by atoms with Crippen LogP contribution in [0.4, 0.5) is 0 Å². The van der Waals surface area contributed by atoms with Gasteiger partial charge in [0.2, 0.25) is 5.91 Å². The van der Waals surface area contributed by atoms with Crippen LogP contribution in [0.2, 0.25) is 0 Å². The van der Waals surface area contributed by atoms with Crippen molar-refractivity contribution >= 4 is 5.91 Å². The highest BCUT2D eigenvalue weighted by Gasteiger charge is 2.53. The van der Waals surface area contributed by atoms with E-state index in [1.807, 2.05) is 6.08 Å². The van der Waals surface area contributed by atoms with Crippen LogP contribution in [0.25, 0.3) is 0 Å². The topological polar surface area (TPSA) is 307 Å². The fourth-order valence-corrected chi connectivity index (χ4v) is 9.72. The number of ether oxygens (including phenoxy) is 6. The van der Waals surface area contributed by atoms with E-state index in [-0.39, 0.29) is 18.9 Å². The van der Waals surface area contributed by atoms with Crippen LogP contribution >= 0.6 is 0 Å². The minimum absolute atomic E-state index is 0.234. The third kappa shape index (κ3) is 28.1. The van der Waals surface area contributed by atoms with E-state index < -0.39 is 124 Å². The van der Waals surface area contributed by atoms with Gasteiger partial charge in [0.05, 0.1) is 38.6 Å². The molecule has 81 heavy (non-hydrogen) atoms. The minimum Gasteiger partial charge on any atom is -0.394 e. The fourth-order valence-electron chi connectivity index (χ4n) is 9.72. The summed E-state index contributed by atoms with van der Waals surface area (Å²) < 4.78 is 34.0. The van der Waals surface area contributed by atoms with Crippen molar-refractivity contribution in [3.05, 3.63) is 85.1 Å². The SMILES string of the molecule is CC/C=C\C/C=C\C/C=C\C/C=C\C/C=C\C/C=C\CCCCCCCCCCCCCCC(=O)NC(COC1OC(CO)C(OC2OC(CO)C(OC3OC(CO)C(O)C(O)C3O)C(O)C2O)C(O)C1O)C(O)/C=C/CCCCC. The number of aliphatic hydroxyl groups excluding tert-OH is 11. The molecule has 12 N–H and O–H groups in total. The maximum absolute atomic E-state index is 13.2. The van der Waals surface area contributed by atoms with Gasteiger partial charge in [-0.15, -0.1) is 0 Å². The summed E-state index contributed by atoms with van der Waals surface area (Å²) in [7, 11) is 0. The molecule has 0 radical (unpaired) electrons. The maximum atomic E-state index is 13.2. The second-order valence-electron chi connectivity index (χ2n) is 21.4. The van der Waals surface area contributed by atoms with Gasteiger partial charge in [0.1, 0.15) is 73.2 Å². The smallest absolute Gasteiger partial charge is 0.220 e. The molecule has 1 amide bonds. The average Bonchev–Trinajstić information content (AvgIpc) is 3.48. The zero-order valence-electron chi connectivity index (χ0n) is 48.5. The summed E-state index contributed by atoms with van der Waals surface area (Å²) in [5, 5.41) is 119. The van der Waals surface area contributed by atoms with E-state index in [4.69, 9.17) is 28.4 Å². The molecule has 3 saturated heterocycles. The normalized spacial score (nSPS) is 30.4. The van der Waals surface area contributed by atoms with Crippen molar-refractivity contribution in [1.29, 1.82) is 0 Å². The molecule has 19 nitrogen and oxygen atoms in total. The second kappa shape index (κ2) is 44.4. The van der Waals surface area contributed by atoms with Crippen LogP contribution in [0.1, 0.15) is 168 Å². The van der Waals surface area contributed by atoms with Crippen molar-refractivity contribution in [3.8, 4) is 0 Å². The van der Waals surface area contributed by atoms with Crippen molar-refractivity contribution in [2.24, 2.45) is 0 Å². The van der Waals surface area contributed by atoms with Gasteiger partial charge in [-0.2, -0.15) is 0 Å². The highest BCUT2D eigenvalue weighted by molar-refractivity contribution is 5.76. The summed E-state index contributed by atoms with van der Waals surface area (Å²) in [4.78, 5) is 13.2. The highest BCUT2D eigenvalue weighted by atomic mass is 16.8. The Morgan fingerprint density at radius 2 is 0.852 bits per heavy atom. The Balaban J connectivity index is 1.33. The maximum Gasteiger partial charge on any atom is 0.220 e. The number of carbonyl (C=O) groups excluding carboxylic acids is 1. The molecule has 0 bridgehead atoms. The molecule has 0 spiro atoms. The number of hydrogen-bond donors (Lipinski definition) is 12. The van der Waals surface area contributed by atoms with Gasteiger partial charge < -0.3 is 89.9 Å². The highest BCUT2D eigenvalue weighted by Crippen LogP contribution is 2.33. The zero-order valence-corrected chi connectivity index (χ0v) is 48.5. The molecule has 0 saturated carbocycles. The molecule has 17 atom stereocenters. The standard InChI is InChI=1S/C62H105NO18/c1-3-5-7-9-10-11-12-13-14-15-16-17-18-19-20-21-22-23-24-25-26-27-28-29-30-31-32-33-34-36-38-40-50(68)63-45(46(67)39-37-35-8-6-4-2)44-76-60-56(74)53(71)58(48(42-65)78-60)81-62-57(75)54(72)59(49(43-66)79-62)80-61-55(73)52(70)51(69)47(41-64)77-61/h5,7,10-11,13-14,16-17,19-20,22-23,37,39,45-49,51-62,64-67,69-75H,3-4,6,8-9,12,15,18,21,24-36,38,40-44H2,1-2H3,(H,63,68)/b7-5-,11-10-,14-13-,17-16-,20-19-,23-22-,39-37+. The van der Waals surface area contributed by atoms with E-state index >= 15 is 0 Å². The molecule has 3 rings (SSSR count). The molecule has 466 valence electrons. The fraction of sp³-hybridized carbons (Fsp3) is 0.758. The quantitative estimate of drug-likeness (QED) is 0.0261. The molecule has 3 aliphatic heterocycles. The first-order valence-electron chi connectivity index (χ1n) is 30.3. The van der Waals surface area contributed by atoms with Crippen LogP contribution in [-0.4, -0.2) is 193 Å². The van der Waals surface area contributed by atoms with E-state index in [0.29, 0.717) is 6.42 Å². The van der Waals surface area contributed by atoms with Gasteiger partial charge in [-0.3, -0.25) is 4.79 Å². The van der Waals surface area contributed by atoms with Gasteiger partial charge in [0.25, 0.3) is 0 Å². The lowest BCUT2D eigenvalue weighted by molar-refractivity contribution is -0.379. The number of hydrogen-bond acceptors (Lipinski definition) is 18. The molecule has 19 heteroatoms. The predicted molar refractivity (Wildman–Crippen MR) is 309 cm³/mol. The minimum atomic E-state index is -1.98. The third-order valence-corrected chi connectivity index (χ3v) is 14.7. The molecule has 0 aliphatic carbocycles. The molecule has 3 fully saturated rings. The van der Waals surface area contributed by atoms with Crippen molar-refractivity contribution in [1.82, 2.24) is 5.32 Å². The van der Waals surface area contributed by atoms with Crippen LogP contribution in [0.15, 0.2) is 85.1 Å². The summed E-state index contributed by atoms with van der Waals surface area (Å²) in [6.45, 7) is 1.45. The number of allylic oxidation sites excluding steroid dienone is 13. The third-order valence-electron chi connectivity index (χ3n) is 14.7. The molecular weight excluding hydrogens is 1050 g/mol. The molecule has 0 aromatic rings. The van der Waals surface area contributed by atoms with E-state index in [1.165, 1.54) is 44.9 Å². The Morgan fingerprint density at radius 3 is 1.33 bits per heavy atom. The number of aliphatic hydroxyl groups is 11. The molecule has 0 aromatic heterocycles. The van der Waals surface area contributed by atoms with Gasteiger partial charge >= 0.3 is 0 Å². The van der Waals surface area contributed by atoms with E-state index in [0.717, 1.165) is 96.3 Å². The van der Waals surface area contributed by atoms with Gasteiger partial charge in [-0.1, -0.05) is 176 Å². The van der Waals surface area contributed by atoms with E-state index in [2.05, 4.69) is 92.1 Å². The van der Waals surface area contributed by atoms with Crippen LogP contribution in [0.5, 0.6) is 0 Å². The first-order valence-corrected chi connectivity index (χ1v) is 30.3. The van der Waals surface area contributed by atoms with Crippen LogP contribution in [0.3, 0.4) is 0 Å². The summed E-state index contributed by atoms with van der Waals surface area (Å²) in [5.41, 5.74) is 0. The van der Waals surface area contributed by atoms with Crippen molar-refractivity contribution in [2.45, 2.75) is 272 Å². The lowest BCUT2D eigenvalue weighted by Gasteiger charge is -2.48. The van der Waals surface area contributed by atoms with Crippen molar-refractivity contribution in [3.63, 3.8) is 0 Å². The van der Waals surface area contributed by atoms with E-state index in [9.17, 15) is 61.0 Å². The summed E-state index contributed by atoms with van der Waals surface area (Å²) in [6, 6.07) is -0.974. The number of amides is 1. The Morgan fingerprint density at radius 1 is 0.457 bits per heavy atom. The van der Waals surface area contributed by atoms with Gasteiger partial charge in [-0.25, -0.2) is 0 Å². The Labute approximate surface area is 482 Å². The summed E-state index contributed by atoms with van der Waals surface area (Å²) in [5.74, 6) is -0.290. The first kappa shape index (κ1) is 72.2. The van der Waals surface area contributed by atoms with Gasteiger partial charge in [0, 0.05) is 6.42 Å². The van der Waals surface area contributed by atoms with Crippen LogP contribution < -0.4 is 5.32 Å². The largest absolute Gasteiger partial charge is 0.394 e. The monoisotopic (exact) mass is 1150 g/mol. The first-order chi connectivity index (χ1) is 39.3. The van der Waals surface area contributed by atoms with Crippen molar-refractivity contribution < 1.29 is 89.4 Å². The zero-order chi connectivity index (χ0) is 59.0.